The molecule has 0 radical (unpaired) electrons. The van der Waals surface area contributed by atoms with Crippen LogP contribution >= 0.6 is 0 Å². The van der Waals surface area contributed by atoms with Gasteiger partial charge in [0.05, 0.1) is 50.4 Å². The molecule has 14 aromatic rings. The zero-order valence-corrected chi connectivity index (χ0v) is 37.7. The number of nitrogens with zero attached hydrogens (tertiary/aromatic N) is 6. The first-order valence-corrected chi connectivity index (χ1v) is 23.5. The molecule has 6 aromatic heterocycles. The Bertz CT molecular complexity index is 4520. The molecule has 15 rings (SSSR count). The van der Waals surface area contributed by atoms with E-state index in [-0.39, 0.29) is 5.41 Å². The van der Waals surface area contributed by atoms with E-state index in [4.69, 9.17) is 29.9 Å². The molecule has 0 amide bonds. The normalized spacial score (nSPS) is 13.2. The summed E-state index contributed by atoms with van der Waals surface area (Å²) in [5.74, 6) is 0. The van der Waals surface area contributed by atoms with Crippen LogP contribution in [0.5, 0.6) is 0 Å². The van der Waals surface area contributed by atoms with Gasteiger partial charge in [-0.25, -0.2) is 9.97 Å². The molecule has 0 N–H and O–H groups in total. The predicted molar refractivity (Wildman–Crippen MR) is 285 cm³/mol. The Morgan fingerprint density at radius 2 is 0.812 bits per heavy atom. The summed E-state index contributed by atoms with van der Waals surface area (Å²) in [4.78, 5) is 31.2. The highest BCUT2D eigenvalue weighted by Crippen LogP contribution is 2.51. The molecule has 0 saturated heterocycles. The second kappa shape index (κ2) is 14.0. The smallest absolute Gasteiger partial charge is 0.0978 e. The van der Waals surface area contributed by atoms with Crippen LogP contribution in [-0.4, -0.2) is 29.9 Å². The van der Waals surface area contributed by atoms with Gasteiger partial charge < -0.3 is 0 Å². The van der Waals surface area contributed by atoms with E-state index in [0.717, 1.165) is 105 Å². The highest BCUT2D eigenvalue weighted by molar-refractivity contribution is 6.26. The number of rotatable bonds is 3. The maximum Gasteiger partial charge on any atom is 0.0978 e. The summed E-state index contributed by atoms with van der Waals surface area (Å²) in [7, 11) is 0. The minimum atomic E-state index is -0.367. The van der Waals surface area contributed by atoms with Gasteiger partial charge in [-0.1, -0.05) is 129 Å². The van der Waals surface area contributed by atoms with E-state index in [1.165, 1.54) is 49.0 Å². The van der Waals surface area contributed by atoms with Crippen molar-refractivity contribution in [3.05, 3.63) is 206 Å². The van der Waals surface area contributed by atoms with Crippen molar-refractivity contribution in [1.29, 1.82) is 0 Å². The van der Waals surface area contributed by atoms with Gasteiger partial charge in [0.2, 0.25) is 0 Å². The van der Waals surface area contributed by atoms with Gasteiger partial charge in [-0.2, -0.15) is 0 Å². The molecule has 6 heterocycles. The molecule has 0 saturated carbocycles. The summed E-state index contributed by atoms with van der Waals surface area (Å²) in [5.41, 5.74) is 14.8. The van der Waals surface area contributed by atoms with Crippen molar-refractivity contribution in [2.24, 2.45) is 0 Å². The van der Waals surface area contributed by atoms with Crippen LogP contribution in [0.4, 0.5) is 0 Å². The molecule has 6 nitrogen and oxygen atoms in total. The minimum Gasteiger partial charge on any atom is -0.256 e. The fourth-order valence-electron chi connectivity index (χ4n) is 11.6. The first kappa shape index (κ1) is 38.1. The predicted octanol–water partition coefficient (Wildman–Crippen LogP) is 15.7. The van der Waals surface area contributed by atoms with E-state index in [1.807, 2.05) is 30.7 Å². The first-order chi connectivity index (χ1) is 34.0. The Hall–Kier alpha value is -9.00. The van der Waals surface area contributed by atoms with Gasteiger partial charge in [0.25, 0.3) is 0 Å². The van der Waals surface area contributed by atoms with E-state index in [2.05, 4.69) is 178 Å². The Labute approximate surface area is 395 Å². The van der Waals surface area contributed by atoms with Crippen LogP contribution < -0.4 is 0 Å². The summed E-state index contributed by atoms with van der Waals surface area (Å²) in [5, 5.41) is 14.8. The van der Waals surface area contributed by atoms with Crippen molar-refractivity contribution < 1.29 is 0 Å². The van der Waals surface area contributed by atoms with Crippen LogP contribution in [0.3, 0.4) is 0 Å². The molecule has 0 aliphatic heterocycles. The third-order valence-electron chi connectivity index (χ3n) is 14.9. The van der Waals surface area contributed by atoms with E-state index < -0.39 is 0 Å². The molecule has 0 atom stereocenters. The third kappa shape index (κ3) is 5.42. The highest BCUT2D eigenvalue weighted by Gasteiger charge is 2.38. The van der Waals surface area contributed by atoms with Crippen molar-refractivity contribution in [3.63, 3.8) is 0 Å². The number of fused-ring (bicyclic) bond motifs is 21. The molecule has 1 aliphatic rings. The lowest BCUT2D eigenvalue weighted by atomic mass is 9.84. The molecule has 0 spiro atoms. The van der Waals surface area contributed by atoms with Gasteiger partial charge in [-0.05, 0) is 109 Å². The molecule has 6 heteroatoms. The SMILES string of the molecule is CC1(C)c2cc(-c3ccc4c5ccccc5c5cccnc5c4n3)ccc2-c2cc3c4ccccc4c4cc(-c5cccc(-c6ccc7c8ccccc8c8cccnc8c7n6)c5)ncc4c3nc21. The summed E-state index contributed by atoms with van der Waals surface area (Å²) < 4.78 is 0. The molecule has 8 aromatic carbocycles. The Balaban J connectivity index is 0.844. The van der Waals surface area contributed by atoms with Crippen molar-refractivity contribution in [1.82, 2.24) is 29.9 Å². The number of aromatic nitrogens is 6. The van der Waals surface area contributed by atoms with E-state index in [9.17, 15) is 0 Å². The standard InChI is InChI=1S/C63H38N6/c1-63(2)53-31-37(55-27-25-48-41-17-6-4-15-39(41)46-21-11-29-65-59(46)61(48)68-55)22-23-44(53)51-32-50-43-19-8-7-18-42(43)49-33-56(66-34-52(49)57(50)69-62(51)63)36-13-9-12-35(30-36)54-26-24-47-40-16-5-3-14-38(40)45-20-10-28-64-58(45)60(47)67-54/h3-34H,1-2H3. The topological polar surface area (TPSA) is 77.3 Å². The van der Waals surface area contributed by atoms with Crippen molar-refractivity contribution >= 4 is 97.6 Å². The Morgan fingerprint density at radius 3 is 1.41 bits per heavy atom. The molecular weight excluding hydrogens is 841 g/mol. The Kier molecular flexibility index (Phi) is 7.75. The first-order valence-electron chi connectivity index (χ1n) is 23.5. The van der Waals surface area contributed by atoms with E-state index >= 15 is 0 Å². The number of hydrogen-bond donors (Lipinski definition) is 0. The largest absolute Gasteiger partial charge is 0.256 e. The zero-order valence-electron chi connectivity index (χ0n) is 37.7. The maximum atomic E-state index is 5.65. The monoisotopic (exact) mass is 878 g/mol. The van der Waals surface area contributed by atoms with Gasteiger partial charge in [0, 0.05) is 78.6 Å². The van der Waals surface area contributed by atoms with Gasteiger partial charge in [0.1, 0.15) is 0 Å². The van der Waals surface area contributed by atoms with Crippen LogP contribution in [-0.2, 0) is 5.41 Å². The van der Waals surface area contributed by atoms with Crippen LogP contribution in [0.15, 0.2) is 195 Å². The Morgan fingerprint density at radius 1 is 0.304 bits per heavy atom. The van der Waals surface area contributed by atoms with Crippen LogP contribution in [0, 0.1) is 0 Å². The van der Waals surface area contributed by atoms with Crippen molar-refractivity contribution in [2.75, 3.05) is 0 Å². The van der Waals surface area contributed by atoms with E-state index in [0.29, 0.717) is 0 Å². The summed E-state index contributed by atoms with van der Waals surface area (Å²) in [6.45, 7) is 4.60. The number of benzene rings is 8. The van der Waals surface area contributed by atoms with Crippen LogP contribution in [0.25, 0.3) is 143 Å². The highest BCUT2D eigenvalue weighted by atomic mass is 14.8. The molecule has 0 fully saturated rings. The van der Waals surface area contributed by atoms with Crippen LogP contribution in [0.1, 0.15) is 25.1 Å². The van der Waals surface area contributed by atoms with Crippen LogP contribution in [0.2, 0.25) is 0 Å². The lowest BCUT2D eigenvalue weighted by Gasteiger charge is -2.21. The zero-order chi connectivity index (χ0) is 45.5. The summed E-state index contributed by atoms with van der Waals surface area (Å²) in [6, 6.07) is 62.8. The quantitative estimate of drug-likeness (QED) is 0.165. The molecule has 320 valence electrons. The number of hydrogen-bond acceptors (Lipinski definition) is 6. The van der Waals surface area contributed by atoms with Gasteiger partial charge in [0.15, 0.2) is 0 Å². The minimum absolute atomic E-state index is 0.367. The second-order valence-electron chi connectivity index (χ2n) is 19.0. The van der Waals surface area contributed by atoms with E-state index in [1.54, 1.807) is 0 Å². The third-order valence-corrected chi connectivity index (χ3v) is 14.9. The summed E-state index contributed by atoms with van der Waals surface area (Å²) in [6.07, 6.45) is 5.75. The van der Waals surface area contributed by atoms with Crippen molar-refractivity contribution in [3.8, 4) is 44.9 Å². The van der Waals surface area contributed by atoms with Gasteiger partial charge >= 0.3 is 0 Å². The molecular formula is C63H38N6. The van der Waals surface area contributed by atoms with Gasteiger partial charge in [-0.15, -0.1) is 0 Å². The molecule has 0 bridgehead atoms. The maximum absolute atomic E-state index is 5.65. The molecule has 1 aliphatic carbocycles. The average Bonchev–Trinajstić information content (AvgIpc) is 3.64. The molecule has 69 heavy (non-hydrogen) atoms. The fraction of sp³-hybridized carbons (Fsp3) is 0.0476. The van der Waals surface area contributed by atoms with Gasteiger partial charge in [-0.3, -0.25) is 19.9 Å². The number of pyridine rings is 6. The lowest BCUT2D eigenvalue weighted by Crippen LogP contribution is -2.17. The molecule has 0 unspecified atom stereocenters. The van der Waals surface area contributed by atoms with Crippen molar-refractivity contribution in [2.45, 2.75) is 19.3 Å². The summed E-state index contributed by atoms with van der Waals surface area (Å²) >= 11 is 0. The lowest BCUT2D eigenvalue weighted by molar-refractivity contribution is 0.640. The fourth-order valence-corrected chi connectivity index (χ4v) is 11.6. The second-order valence-corrected chi connectivity index (χ2v) is 19.0. The average molecular weight is 879 g/mol.